The number of aromatic nitrogens is 3. The molecule has 1 saturated carbocycles. The summed E-state index contributed by atoms with van der Waals surface area (Å²) < 4.78 is 5.15. The normalized spacial score (nSPS) is 17.2. The molecule has 0 aliphatic heterocycles. The molecular formula is C10H16N4O2. The molecule has 1 heterocycles. The Hall–Kier alpha value is -1.59. The Kier molecular flexibility index (Phi) is 3.38. The predicted molar refractivity (Wildman–Crippen MR) is 57.7 cm³/mol. The fourth-order valence-electron chi connectivity index (χ4n) is 1.98. The Morgan fingerprint density at radius 2 is 2.19 bits per heavy atom. The molecule has 1 fully saturated rings. The highest BCUT2D eigenvalue weighted by atomic mass is 16.5. The van der Waals surface area contributed by atoms with Gasteiger partial charge in [0.25, 0.3) is 0 Å². The van der Waals surface area contributed by atoms with Crippen molar-refractivity contribution < 1.29 is 9.53 Å². The number of nitrogen functional groups attached to an aromatic ring is 1. The van der Waals surface area contributed by atoms with E-state index in [1.54, 1.807) is 0 Å². The van der Waals surface area contributed by atoms with Crippen LogP contribution in [0.3, 0.4) is 0 Å². The molecule has 0 atom stereocenters. The lowest BCUT2D eigenvalue weighted by Crippen LogP contribution is -2.17. The molecule has 6 heteroatoms. The zero-order valence-corrected chi connectivity index (χ0v) is 9.11. The van der Waals surface area contributed by atoms with Gasteiger partial charge in [0.2, 0.25) is 11.8 Å². The van der Waals surface area contributed by atoms with Crippen LogP contribution in [0, 0.1) is 5.92 Å². The first kappa shape index (κ1) is 10.9. The Balaban J connectivity index is 1.79. The Bertz CT molecular complexity index is 357. The molecule has 6 nitrogen and oxygen atoms in total. The quantitative estimate of drug-likeness (QED) is 0.750. The molecule has 0 spiro atoms. The van der Waals surface area contributed by atoms with Gasteiger partial charge in [0, 0.05) is 0 Å². The van der Waals surface area contributed by atoms with Gasteiger partial charge in [0.15, 0.2) is 0 Å². The SMILES string of the molecule is Nc1n[nH]c(C(=O)OCC2CCCCC2)n1. The second-order valence-electron chi connectivity index (χ2n) is 4.14. The smallest absolute Gasteiger partial charge is 0.375 e. The number of rotatable bonds is 3. The molecule has 88 valence electrons. The monoisotopic (exact) mass is 224 g/mol. The number of nitrogens with one attached hydrogen (secondary N) is 1. The largest absolute Gasteiger partial charge is 0.460 e. The highest BCUT2D eigenvalue weighted by Crippen LogP contribution is 2.23. The average Bonchev–Trinajstić information content (AvgIpc) is 2.74. The van der Waals surface area contributed by atoms with Gasteiger partial charge in [0.05, 0.1) is 6.61 Å². The van der Waals surface area contributed by atoms with E-state index in [0.29, 0.717) is 12.5 Å². The summed E-state index contributed by atoms with van der Waals surface area (Å²) >= 11 is 0. The Morgan fingerprint density at radius 1 is 1.44 bits per heavy atom. The second kappa shape index (κ2) is 4.96. The first-order valence-electron chi connectivity index (χ1n) is 5.60. The predicted octanol–water partition coefficient (Wildman–Crippen LogP) is 1.12. The van der Waals surface area contributed by atoms with Gasteiger partial charge in [-0.05, 0) is 18.8 Å². The van der Waals surface area contributed by atoms with Crippen LogP contribution in [0.15, 0.2) is 0 Å². The van der Waals surface area contributed by atoms with Gasteiger partial charge in [-0.1, -0.05) is 19.3 Å². The second-order valence-corrected chi connectivity index (χ2v) is 4.14. The molecule has 0 bridgehead atoms. The van der Waals surface area contributed by atoms with Crippen molar-refractivity contribution in [2.45, 2.75) is 32.1 Å². The standard InChI is InChI=1S/C10H16N4O2/c11-10-12-8(13-14-10)9(15)16-6-7-4-2-1-3-5-7/h7H,1-6H2,(H3,11,12,13,14). The molecule has 1 aromatic heterocycles. The van der Waals surface area contributed by atoms with Crippen LogP contribution in [0.4, 0.5) is 5.95 Å². The maximum absolute atomic E-state index is 11.5. The summed E-state index contributed by atoms with van der Waals surface area (Å²) in [6.45, 7) is 0.472. The summed E-state index contributed by atoms with van der Waals surface area (Å²) in [5.41, 5.74) is 5.29. The van der Waals surface area contributed by atoms with Crippen LogP contribution in [0.25, 0.3) is 0 Å². The van der Waals surface area contributed by atoms with Crippen molar-refractivity contribution in [3.8, 4) is 0 Å². The number of carbonyl (C=O) groups is 1. The summed E-state index contributed by atoms with van der Waals surface area (Å²) in [7, 11) is 0. The number of esters is 1. The van der Waals surface area contributed by atoms with Gasteiger partial charge in [-0.2, -0.15) is 4.98 Å². The molecule has 0 saturated heterocycles. The first-order chi connectivity index (χ1) is 7.75. The molecule has 1 aliphatic carbocycles. The zero-order chi connectivity index (χ0) is 11.4. The third kappa shape index (κ3) is 2.71. The van der Waals surface area contributed by atoms with Crippen molar-refractivity contribution in [1.82, 2.24) is 15.2 Å². The number of anilines is 1. The van der Waals surface area contributed by atoms with Crippen LogP contribution in [-0.2, 0) is 4.74 Å². The van der Waals surface area contributed by atoms with Crippen molar-refractivity contribution in [2.24, 2.45) is 5.92 Å². The van der Waals surface area contributed by atoms with Gasteiger partial charge in [-0.15, -0.1) is 5.10 Å². The summed E-state index contributed by atoms with van der Waals surface area (Å²) in [4.78, 5) is 15.2. The number of ether oxygens (including phenoxy) is 1. The third-order valence-corrected chi connectivity index (χ3v) is 2.87. The molecule has 16 heavy (non-hydrogen) atoms. The van der Waals surface area contributed by atoms with Crippen LogP contribution in [-0.4, -0.2) is 27.8 Å². The topological polar surface area (TPSA) is 93.9 Å². The Morgan fingerprint density at radius 3 is 2.81 bits per heavy atom. The lowest BCUT2D eigenvalue weighted by Gasteiger charge is -2.20. The van der Waals surface area contributed by atoms with E-state index < -0.39 is 5.97 Å². The van der Waals surface area contributed by atoms with Crippen LogP contribution < -0.4 is 5.73 Å². The van der Waals surface area contributed by atoms with Gasteiger partial charge in [-0.3, -0.25) is 5.10 Å². The van der Waals surface area contributed by atoms with Crippen molar-refractivity contribution >= 4 is 11.9 Å². The van der Waals surface area contributed by atoms with Crippen molar-refractivity contribution in [3.63, 3.8) is 0 Å². The van der Waals surface area contributed by atoms with Crippen LogP contribution in [0.1, 0.15) is 42.7 Å². The lowest BCUT2D eigenvalue weighted by atomic mass is 9.90. The molecule has 0 aromatic carbocycles. The van der Waals surface area contributed by atoms with E-state index in [1.165, 1.54) is 19.3 Å². The molecular weight excluding hydrogens is 208 g/mol. The molecule has 1 aliphatic rings. The number of hydrogen-bond acceptors (Lipinski definition) is 5. The molecule has 0 unspecified atom stereocenters. The van der Waals surface area contributed by atoms with Crippen LogP contribution in [0.5, 0.6) is 0 Å². The minimum absolute atomic E-state index is 0.0598. The van der Waals surface area contributed by atoms with E-state index in [1.807, 2.05) is 0 Å². The van der Waals surface area contributed by atoms with E-state index in [9.17, 15) is 4.79 Å². The highest BCUT2D eigenvalue weighted by Gasteiger charge is 2.17. The highest BCUT2D eigenvalue weighted by molar-refractivity contribution is 5.85. The molecule has 2 rings (SSSR count). The van der Waals surface area contributed by atoms with Gasteiger partial charge >= 0.3 is 5.97 Å². The van der Waals surface area contributed by atoms with Crippen molar-refractivity contribution in [1.29, 1.82) is 0 Å². The molecule has 3 N–H and O–H groups in total. The number of nitrogens with zero attached hydrogens (tertiary/aromatic N) is 2. The molecule has 0 radical (unpaired) electrons. The first-order valence-corrected chi connectivity index (χ1v) is 5.60. The van der Waals surface area contributed by atoms with Crippen molar-refractivity contribution in [3.05, 3.63) is 5.82 Å². The van der Waals surface area contributed by atoms with E-state index in [2.05, 4.69) is 15.2 Å². The van der Waals surface area contributed by atoms with E-state index in [4.69, 9.17) is 10.5 Å². The number of carbonyl (C=O) groups excluding carboxylic acids is 1. The van der Waals surface area contributed by atoms with Gasteiger partial charge in [0.1, 0.15) is 0 Å². The third-order valence-electron chi connectivity index (χ3n) is 2.87. The molecule has 1 aromatic rings. The number of H-pyrrole nitrogens is 1. The van der Waals surface area contributed by atoms with Crippen LogP contribution >= 0.6 is 0 Å². The minimum atomic E-state index is -0.477. The fraction of sp³-hybridized carbons (Fsp3) is 0.700. The Labute approximate surface area is 93.6 Å². The van der Waals surface area contributed by atoms with Gasteiger partial charge < -0.3 is 10.5 Å². The summed E-state index contributed by atoms with van der Waals surface area (Å²) in [5, 5.41) is 6.01. The minimum Gasteiger partial charge on any atom is -0.460 e. The van der Waals surface area contributed by atoms with E-state index in [0.717, 1.165) is 12.8 Å². The number of aromatic amines is 1. The summed E-state index contributed by atoms with van der Waals surface area (Å²) in [5.74, 6) is 0.158. The summed E-state index contributed by atoms with van der Waals surface area (Å²) in [6.07, 6.45) is 6.05. The molecule has 0 amide bonds. The van der Waals surface area contributed by atoms with Crippen LogP contribution in [0.2, 0.25) is 0 Å². The number of nitrogens with two attached hydrogens (primary N) is 1. The summed E-state index contributed by atoms with van der Waals surface area (Å²) in [6, 6.07) is 0. The van der Waals surface area contributed by atoms with Crippen molar-refractivity contribution in [2.75, 3.05) is 12.3 Å². The number of hydrogen-bond donors (Lipinski definition) is 2. The zero-order valence-electron chi connectivity index (χ0n) is 9.11. The fourth-order valence-corrected chi connectivity index (χ4v) is 1.98. The maximum Gasteiger partial charge on any atom is 0.375 e. The van der Waals surface area contributed by atoms with Gasteiger partial charge in [-0.25, -0.2) is 4.79 Å². The van der Waals surface area contributed by atoms with E-state index in [-0.39, 0.29) is 11.8 Å². The lowest BCUT2D eigenvalue weighted by molar-refractivity contribution is 0.0397. The average molecular weight is 224 g/mol. The maximum atomic E-state index is 11.5. The van der Waals surface area contributed by atoms with E-state index >= 15 is 0 Å².